The molecular weight excluding hydrogens is 270 g/mol. The molecule has 0 aliphatic heterocycles. The van der Waals surface area contributed by atoms with Crippen molar-refractivity contribution in [1.29, 1.82) is 5.26 Å². The summed E-state index contributed by atoms with van der Waals surface area (Å²) in [5.41, 5.74) is 0. The van der Waals surface area contributed by atoms with Gasteiger partial charge in [0.25, 0.3) is 0 Å². The van der Waals surface area contributed by atoms with Crippen molar-refractivity contribution in [3.8, 4) is 6.07 Å². The molecule has 0 heterocycles. The molecule has 0 aliphatic carbocycles. The van der Waals surface area contributed by atoms with E-state index in [1.54, 1.807) is 14.0 Å². The van der Waals surface area contributed by atoms with Crippen LogP contribution < -0.4 is 5.32 Å². The highest BCUT2D eigenvalue weighted by Gasteiger charge is 2.16. The molecule has 120 valence electrons. The van der Waals surface area contributed by atoms with Crippen molar-refractivity contribution in [1.82, 2.24) is 10.2 Å². The first-order valence-electron chi connectivity index (χ1n) is 7.38. The number of carbonyl (C=O) groups is 2. The first-order chi connectivity index (χ1) is 9.77. The Balaban J connectivity index is 4.10. The second kappa shape index (κ2) is 10.0. The standard InChI is InChI=1S/C15H27N3O3/c1-11(2)13(5-6-14(19)20)7-8-17-15(21)18(4)10-12(3)9-16/h11-13H,5-8,10H2,1-4H3,(H,17,21)(H,19,20). The fourth-order valence-electron chi connectivity index (χ4n) is 2.15. The van der Waals surface area contributed by atoms with Gasteiger partial charge in [-0.05, 0) is 31.6 Å². The van der Waals surface area contributed by atoms with Crippen molar-refractivity contribution >= 4 is 12.0 Å². The Bertz CT molecular complexity index is 377. The smallest absolute Gasteiger partial charge is 0.317 e. The molecule has 0 spiro atoms. The van der Waals surface area contributed by atoms with Gasteiger partial charge in [0.2, 0.25) is 0 Å². The second-order valence-electron chi connectivity index (χ2n) is 5.87. The lowest BCUT2D eigenvalue weighted by molar-refractivity contribution is -0.137. The molecule has 0 aliphatic rings. The van der Waals surface area contributed by atoms with Crippen LogP contribution in [-0.4, -0.2) is 42.1 Å². The number of nitrogens with one attached hydrogen (secondary N) is 1. The number of amides is 2. The van der Waals surface area contributed by atoms with Crippen LogP contribution in [0, 0.1) is 29.1 Å². The summed E-state index contributed by atoms with van der Waals surface area (Å²) in [6, 6.07) is 1.89. The number of carbonyl (C=O) groups excluding carboxylic acids is 1. The van der Waals surface area contributed by atoms with Gasteiger partial charge < -0.3 is 15.3 Å². The normalized spacial score (nSPS) is 13.3. The predicted octanol–water partition coefficient (Wildman–Crippen LogP) is 2.31. The van der Waals surface area contributed by atoms with E-state index in [0.29, 0.717) is 25.4 Å². The highest BCUT2D eigenvalue weighted by molar-refractivity contribution is 5.73. The minimum Gasteiger partial charge on any atom is -0.481 e. The molecule has 21 heavy (non-hydrogen) atoms. The average molecular weight is 297 g/mol. The van der Waals surface area contributed by atoms with E-state index in [1.807, 2.05) is 0 Å². The zero-order valence-electron chi connectivity index (χ0n) is 13.4. The van der Waals surface area contributed by atoms with E-state index >= 15 is 0 Å². The van der Waals surface area contributed by atoms with Crippen molar-refractivity contribution in [2.24, 2.45) is 17.8 Å². The van der Waals surface area contributed by atoms with Gasteiger partial charge in [-0.3, -0.25) is 4.79 Å². The summed E-state index contributed by atoms with van der Waals surface area (Å²) < 4.78 is 0. The minimum absolute atomic E-state index is 0.163. The molecule has 0 fully saturated rings. The highest BCUT2D eigenvalue weighted by Crippen LogP contribution is 2.20. The molecule has 2 atom stereocenters. The lowest BCUT2D eigenvalue weighted by Crippen LogP contribution is -2.40. The summed E-state index contributed by atoms with van der Waals surface area (Å²) in [5.74, 6) is -0.308. The van der Waals surface area contributed by atoms with Crippen LogP contribution in [0.2, 0.25) is 0 Å². The van der Waals surface area contributed by atoms with E-state index in [0.717, 1.165) is 6.42 Å². The fraction of sp³-hybridized carbons (Fsp3) is 0.800. The van der Waals surface area contributed by atoms with E-state index in [1.165, 1.54) is 4.90 Å². The third-order valence-electron chi connectivity index (χ3n) is 3.58. The number of carboxylic acid groups (broad SMARTS) is 1. The van der Waals surface area contributed by atoms with Crippen LogP contribution in [0.3, 0.4) is 0 Å². The van der Waals surface area contributed by atoms with E-state index in [4.69, 9.17) is 10.4 Å². The molecule has 0 aromatic rings. The largest absolute Gasteiger partial charge is 0.481 e. The molecule has 0 aromatic carbocycles. The molecule has 2 N–H and O–H groups in total. The summed E-state index contributed by atoms with van der Waals surface area (Å²) >= 11 is 0. The van der Waals surface area contributed by atoms with E-state index in [-0.39, 0.29) is 24.3 Å². The van der Waals surface area contributed by atoms with E-state index in [9.17, 15) is 9.59 Å². The molecule has 6 nitrogen and oxygen atoms in total. The Morgan fingerprint density at radius 2 is 1.90 bits per heavy atom. The van der Waals surface area contributed by atoms with Crippen molar-refractivity contribution in [2.45, 2.75) is 40.0 Å². The topological polar surface area (TPSA) is 93.4 Å². The summed E-state index contributed by atoms with van der Waals surface area (Å²) in [4.78, 5) is 23.9. The van der Waals surface area contributed by atoms with Crippen LogP contribution >= 0.6 is 0 Å². The van der Waals surface area contributed by atoms with E-state index < -0.39 is 5.97 Å². The number of carboxylic acids is 1. The lowest BCUT2D eigenvalue weighted by Gasteiger charge is -2.22. The third kappa shape index (κ3) is 8.90. The van der Waals surface area contributed by atoms with Gasteiger partial charge in [0.05, 0.1) is 12.0 Å². The number of hydrogen-bond donors (Lipinski definition) is 2. The van der Waals surface area contributed by atoms with Gasteiger partial charge >= 0.3 is 12.0 Å². The van der Waals surface area contributed by atoms with Crippen LogP contribution in [0.5, 0.6) is 0 Å². The maximum atomic E-state index is 11.8. The van der Waals surface area contributed by atoms with Crippen molar-refractivity contribution in [3.05, 3.63) is 0 Å². The number of hydrogen-bond acceptors (Lipinski definition) is 3. The SMILES string of the molecule is CC(C#N)CN(C)C(=O)NCCC(CCC(=O)O)C(C)C. The summed E-state index contributed by atoms with van der Waals surface area (Å²) in [7, 11) is 1.66. The average Bonchev–Trinajstić information content (AvgIpc) is 2.41. The van der Waals surface area contributed by atoms with Crippen molar-refractivity contribution < 1.29 is 14.7 Å². The van der Waals surface area contributed by atoms with Crippen LogP contribution in [0.1, 0.15) is 40.0 Å². The summed E-state index contributed by atoms with van der Waals surface area (Å²) in [6.45, 7) is 6.82. The molecule has 0 saturated heterocycles. The fourth-order valence-corrected chi connectivity index (χ4v) is 2.15. The van der Waals surface area contributed by atoms with Gasteiger partial charge in [0.15, 0.2) is 0 Å². The maximum absolute atomic E-state index is 11.8. The van der Waals surface area contributed by atoms with Crippen LogP contribution in [0.4, 0.5) is 4.79 Å². The zero-order chi connectivity index (χ0) is 16.4. The Labute approximate surface area is 127 Å². The number of aliphatic carboxylic acids is 1. The monoisotopic (exact) mass is 297 g/mol. The lowest BCUT2D eigenvalue weighted by atomic mass is 9.88. The first-order valence-corrected chi connectivity index (χ1v) is 7.38. The van der Waals surface area contributed by atoms with E-state index in [2.05, 4.69) is 25.2 Å². The quantitative estimate of drug-likeness (QED) is 0.683. The number of nitriles is 1. The molecule has 0 aromatic heterocycles. The minimum atomic E-state index is -0.782. The van der Waals surface area contributed by atoms with Gasteiger partial charge in [-0.15, -0.1) is 0 Å². The predicted molar refractivity (Wildman–Crippen MR) is 80.6 cm³/mol. The Morgan fingerprint density at radius 3 is 2.38 bits per heavy atom. The third-order valence-corrected chi connectivity index (χ3v) is 3.58. The Hall–Kier alpha value is -1.77. The first kappa shape index (κ1) is 19.2. The molecule has 0 saturated carbocycles. The second-order valence-corrected chi connectivity index (χ2v) is 5.87. The summed E-state index contributed by atoms with van der Waals surface area (Å²) in [6.07, 6.45) is 1.55. The number of rotatable bonds is 9. The van der Waals surface area contributed by atoms with Crippen molar-refractivity contribution in [2.75, 3.05) is 20.1 Å². The Kier molecular flexibility index (Phi) is 9.18. The number of nitrogens with zero attached hydrogens (tertiary/aromatic N) is 2. The van der Waals surface area contributed by atoms with Crippen LogP contribution in [0.25, 0.3) is 0 Å². The van der Waals surface area contributed by atoms with Crippen LogP contribution in [0.15, 0.2) is 0 Å². The van der Waals surface area contributed by atoms with Gasteiger partial charge in [0, 0.05) is 26.6 Å². The molecule has 0 radical (unpaired) electrons. The molecular formula is C15H27N3O3. The Morgan fingerprint density at radius 1 is 1.29 bits per heavy atom. The zero-order valence-corrected chi connectivity index (χ0v) is 13.4. The summed E-state index contributed by atoms with van der Waals surface area (Å²) in [5, 5.41) is 20.3. The van der Waals surface area contributed by atoms with Gasteiger partial charge in [0.1, 0.15) is 0 Å². The van der Waals surface area contributed by atoms with Gasteiger partial charge in [-0.25, -0.2) is 4.79 Å². The molecule has 0 bridgehead atoms. The van der Waals surface area contributed by atoms with Gasteiger partial charge in [-0.2, -0.15) is 5.26 Å². The maximum Gasteiger partial charge on any atom is 0.317 e. The van der Waals surface area contributed by atoms with Crippen LogP contribution in [-0.2, 0) is 4.79 Å². The molecule has 6 heteroatoms. The number of urea groups is 1. The molecule has 0 rings (SSSR count). The molecule has 2 unspecified atom stereocenters. The van der Waals surface area contributed by atoms with Crippen molar-refractivity contribution in [3.63, 3.8) is 0 Å². The molecule has 2 amide bonds. The van der Waals surface area contributed by atoms with Gasteiger partial charge in [-0.1, -0.05) is 13.8 Å². The highest BCUT2D eigenvalue weighted by atomic mass is 16.4.